The Labute approximate surface area is 112 Å². The molecule has 0 radical (unpaired) electrons. The van der Waals surface area contributed by atoms with Crippen molar-refractivity contribution in [1.82, 2.24) is 15.0 Å². The Bertz CT molecular complexity index is 440. The number of rotatable bonds is 3. The number of halogens is 1. The highest BCUT2D eigenvalue weighted by atomic mass is 35.5. The zero-order valence-corrected chi connectivity index (χ0v) is 11.4. The molecule has 3 rings (SSSR count). The standard InChI is InChI=1S/C12H18ClN5/c1-12(5-4-6-12)17-10-14-9(13)15-11(16-10)18-7-2-3-8-18/h2-8H2,1H3,(H,14,15,16,17). The summed E-state index contributed by atoms with van der Waals surface area (Å²) in [5, 5.41) is 3.66. The summed E-state index contributed by atoms with van der Waals surface area (Å²) in [5.74, 6) is 1.32. The lowest BCUT2D eigenvalue weighted by Crippen LogP contribution is -2.42. The van der Waals surface area contributed by atoms with Gasteiger partial charge in [-0.1, -0.05) is 0 Å². The van der Waals surface area contributed by atoms with Crippen molar-refractivity contribution in [3.8, 4) is 0 Å². The molecule has 1 saturated carbocycles. The summed E-state index contributed by atoms with van der Waals surface area (Å²) in [6.45, 7) is 4.22. The quantitative estimate of drug-likeness (QED) is 0.912. The first kappa shape index (κ1) is 12.0. The van der Waals surface area contributed by atoms with Crippen LogP contribution >= 0.6 is 11.6 Å². The van der Waals surface area contributed by atoms with E-state index in [2.05, 4.69) is 32.1 Å². The Balaban J connectivity index is 1.81. The third-order valence-electron chi connectivity index (χ3n) is 3.86. The van der Waals surface area contributed by atoms with E-state index in [-0.39, 0.29) is 10.8 Å². The van der Waals surface area contributed by atoms with Crippen LogP contribution in [0.1, 0.15) is 39.0 Å². The van der Waals surface area contributed by atoms with E-state index >= 15 is 0 Å². The van der Waals surface area contributed by atoms with Crippen LogP contribution in [0.3, 0.4) is 0 Å². The number of hydrogen-bond acceptors (Lipinski definition) is 5. The molecule has 18 heavy (non-hydrogen) atoms. The van der Waals surface area contributed by atoms with Crippen LogP contribution in [-0.2, 0) is 0 Å². The van der Waals surface area contributed by atoms with Crippen molar-refractivity contribution in [2.24, 2.45) is 0 Å². The van der Waals surface area contributed by atoms with Gasteiger partial charge in [0.25, 0.3) is 0 Å². The van der Waals surface area contributed by atoms with E-state index in [0.29, 0.717) is 11.9 Å². The minimum Gasteiger partial charge on any atom is -0.349 e. The number of nitrogens with one attached hydrogen (secondary N) is 1. The van der Waals surface area contributed by atoms with E-state index in [4.69, 9.17) is 11.6 Å². The molecule has 0 aromatic carbocycles. The molecule has 1 aromatic rings. The molecule has 6 heteroatoms. The SMILES string of the molecule is CC1(Nc2nc(Cl)nc(N3CCCC3)n2)CCC1. The Morgan fingerprint density at radius 1 is 1.11 bits per heavy atom. The monoisotopic (exact) mass is 267 g/mol. The van der Waals surface area contributed by atoms with Gasteiger partial charge in [-0.15, -0.1) is 0 Å². The fourth-order valence-electron chi connectivity index (χ4n) is 2.56. The van der Waals surface area contributed by atoms with Gasteiger partial charge in [0, 0.05) is 18.6 Å². The zero-order chi connectivity index (χ0) is 12.6. The van der Waals surface area contributed by atoms with Crippen LogP contribution < -0.4 is 10.2 Å². The van der Waals surface area contributed by atoms with Crippen LogP contribution in [-0.4, -0.2) is 33.6 Å². The summed E-state index contributed by atoms with van der Waals surface area (Å²) >= 11 is 5.99. The number of anilines is 2. The van der Waals surface area contributed by atoms with E-state index in [0.717, 1.165) is 25.9 Å². The fraction of sp³-hybridized carbons (Fsp3) is 0.750. The second kappa shape index (κ2) is 4.53. The highest BCUT2D eigenvalue weighted by molar-refractivity contribution is 6.28. The molecule has 1 saturated heterocycles. The third-order valence-corrected chi connectivity index (χ3v) is 4.02. The van der Waals surface area contributed by atoms with Crippen molar-refractivity contribution in [2.45, 2.75) is 44.6 Å². The Morgan fingerprint density at radius 3 is 2.44 bits per heavy atom. The van der Waals surface area contributed by atoms with Gasteiger partial charge in [0.1, 0.15) is 0 Å². The first-order valence-electron chi connectivity index (χ1n) is 6.59. The molecule has 0 spiro atoms. The highest BCUT2D eigenvalue weighted by Crippen LogP contribution is 2.34. The van der Waals surface area contributed by atoms with Crippen LogP contribution in [0.2, 0.25) is 5.28 Å². The average molecular weight is 268 g/mol. The Kier molecular flexibility index (Phi) is 3.01. The molecule has 98 valence electrons. The second-order valence-electron chi connectivity index (χ2n) is 5.46. The van der Waals surface area contributed by atoms with Crippen molar-refractivity contribution in [3.05, 3.63) is 5.28 Å². The lowest BCUT2D eigenvalue weighted by molar-refractivity contribution is 0.304. The smallest absolute Gasteiger partial charge is 0.231 e. The molecule has 0 bridgehead atoms. The summed E-state index contributed by atoms with van der Waals surface area (Å²) < 4.78 is 0. The summed E-state index contributed by atoms with van der Waals surface area (Å²) in [7, 11) is 0. The number of aromatic nitrogens is 3. The second-order valence-corrected chi connectivity index (χ2v) is 5.80. The van der Waals surface area contributed by atoms with Gasteiger partial charge >= 0.3 is 0 Å². The molecule has 1 aliphatic carbocycles. The van der Waals surface area contributed by atoms with Gasteiger partial charge in [0.15, 0.2) is 0 Å². The van der Waals surface area contributed by atoms with Gasteiger partial charge in [0.05, 0.1) is 0 Å². The van der Waals surface area contributed by atoms with Gasteiger partial charge in [-0.25, -0.2) is 0 Å². The third kappa shape index (κ3) is 2.36. The molecule has 1 N–H and O–H groups in total. The van der Waals surface area contributed by atoms with Crippen molar-refractivity contribution in [1.29, 1.82) is 0 Å². The summed E-state index contributed by atoms with van der Waals surface area (Å²) in [4.78, 5) is 15.1. The molecule has 2 fully saturated rings. The molecular weight excluding hydrogens is 250 g/mol. The van der Waals surface area contributed by atoms with Gasteiger partial charge in [-0.3, -0.25) is 0 Å². The minimum absolute atomic E-state index is 0.132. The molecular formula is C12H18ClN5. The van der Waals surface area contributed by atoms with E-state index in [1.807, 2.05) is 0 Å². The zero-order valence-electron chi connectivity index (χ0n) is 10.6. The molecule has 5 nitrogen and oxygen atoms in total. The molecule has 0 atom stereocenters. The maximum absolute atomic E-state index is 5.99. The molecule has 1 aromatic heterocycles. The Hall–Kier alpha value is -1.10. The first-order valence-corrected chi connectivity index (χ1v) is 6.97. The fourth-order valence-corrected chi connectivity index (χ4v) is 2.71. The van der Waals surface area contributed by atoms with Crippen LogP contribution in [0.4, 0.5) is 11.9 Å². The van der Waals surface area contributed by atoms with Crippen molar-refractivity contribution in [3.63, 3.8) is 0 Å². The van der Waals surface area contributed by atoms with E-state index < -0.39 is 0 Å². The average Bonchev–Trinajstić information content (AvgIpc) is 2.79. The van der Waals surface area contributed by atoms with Gasteiger partial charge < -0.3 is 10.2 Å². The Morgan fingerprint density at radius 2 is 1.83 bits per heavy atom. The normalized spacial score (nSPS) is 21.8. The largest absolute Gasteiger partial charge is 0.349 e. The van der Waals surface area contributed by atoms with E-state index in [1.165, 1.54) is 19.3 Å². The number of nitrogens with zero attached hydrogens (tertiary/aromatic N) is 4. The van der Waals surface area contributed by atoms with E-state index in [1.54, 1.807) is 0 Å². The predicted molar refractivity (Wildman–Crippen MR) is 72.2 cm³/mol. The summed E-state index contributed by atoms with van der Waals surface area (Å²) in [6, 6.07) is 0. The van der Waals surface area contributed by atoms with Crippen molar-refractivity contribution >= 4 is 23.5 Å². The van der Waals surface area contributed by atoms with Crippen molar-refractivity contribution < 1.29 is 0 Å². The lowest BCUT2D eigenvalue weighted by atomic mass is 9.79. The number of hydrogen-bond donors (Lipinski definition) is 1. The molecule has 2 aliphatic rings. The molecule has 0 amide bonds. The van der Waals surface area contributed by atoms with Crippen LogP contribution in [0, 0.1) is 0 Å². The van der Waals surface area contributed by atoms with Crippen LogP contribution in [0.25, 0.3) is 0 Å². The van der Waals surface area contributed by atoms with Crippen LogP contribution in [0.5, 0.6) is 0 Å². The van der Waals surface area contributed by atoms with Crippen LogP contribution in [0.15, 0.2) is 0 Å². The van der Waals surface area contributed by atoms with Crippen molar-refractivity contribution in [2.75, 3.05) is 23.3 Å². The summed E-state index contributed by atoms with van der Waals surface area (Å²) in [5.41, 5.74) is 0.132. The first-order chi connectivity index (χ1) is 8.65. The highest BCUT2D eigenvalue weighted by Gasteiger charge is 2.32. The molecule has 2 heterocycles. The molecule has 0 unspecified atom stereocenters. The topological polar surface area (TPSA) is 53.9 Å². The van der Waals surface area contributed by atoms with E-state index in [9.17, 15) is 0 Å². The maximum atomic E-state index is 5.99. The molecule has 1 aliphatic heterocycles. The predicted octanol–water partition coefficient (Wildman–Crippen LogP) is 2.48. The summed E-state index contributed by atoms with van der Waals surface area (Å²) in [6.07, 6.45) is 5.99. The minimum atomic E-state index is 0.132. The van der Waals surface area contributed by atoms with Gasteiger partial charge in [-0.05, 0) is 50.6 Å². The van der Waals surface area contributed by atoms with Gasteiger partial charge in [-0.2, -0.15) is 15.0 Å². The maximum Gasteiger partial charge on any atom is 0.231 e. The lowest BCUT2D eigenvalue weighted by Gasteiger charge is -2.39. The van der Waals surface area contributed by atoms with Gasteiger partial charge in [0.2, 0.25) is 17.2 Å².